The molecule has 0 spiro atoms. The molecule has 1 aliphatic rings. The van der Waals surface area contributed by atoms with Crippen molar-refractivity contribution in [3.8, 4) is 0 Å². The molecule has 2 aromatic carbocycles. The molecule has 0 aliphatic carbocycles. The zero-order valence-electron chi connectivity index (χ0n) is 17.0. The summed E-state index contributed by atoms with van der Waals surface area (Å²) in [5, 5.41) is 0. The standard InChI is InChI=1S/C21H25N3O4S/c1-15-13-17-7-5-6-8-19(17)24(15)20(25)14-23(29(4,27)28)18-11-9-16(10-12-18)21(26)22(2)3/h5-12,15H,13-14H2,1-4H3. The Labute approximate surface area is 171 Å². The van der Waals surface area contributed by atoms with E-state index in [0.717, 1.165) is 28.2 Å². The molecule has 2 aromatic rings. The van der Waals surface area contributed by atoms with Crippen LogP contribution in [-0.4, -0.2) is 58.1 Å². The first kappa shape index (κ1) is 20.9. The minimum atomic E-state index is -3.70. The van der Waals surface area contributed by atoms with Crippen LogP contribution in [0.25, 0.3) is 0 Å². The number of sulfonamides is 1. The number of anilines is 2. The smallest absolute Gasteiger partial charge is 0.253 e. The number of carbonyl (C=O) groups is 2. The van der Waals surface area contributed by atoms with Gasteiger partial charge in [-0.05, 0) is 49.2 Å². The highest BCUT2D eigenvalue weighted by Gasteiger charge is 2.33. The molecule has 0 fully saturated rings. The van der Waals surface area contributed by atoms with Gasteiger partial charge in [0, 0.05) is 31.4 Å². The van der Waals surface area contributed by atoms with Gasteiger partial charge >= 0.3 is 0 Å². The quantitative estimate of drug-likeness (QED) is 0.750. The maximum Gasteiger partial charge on any atom is 0.253 e. The van der Waals surface area contributed by atoms with E-state index in [-0.39, 0.29) is 24.4 Å². The van der Waals surface area contributed by atoms with E-state index >= 15 is 0 Å². The van der Waals surface area contributed by atoms with Crippen molar-refractivity contribution in [3.63, 3.8) is 0 Å². The molecular formula is C21H25N3O4S. The Morgan fingerprint density at radius 1 is 1.07 bits per heavy atom. The Kier molecular flexibility index (Phi) is 5.66. The number of amides is 2. The van der Waals surface area contributed by atoms with Crippen molar-refractivity contribution in [1.29, 1.82) is 0 Å². The van der Waals surface area contributed by atoms with Crippen LogP contribution >= 0.6 is 0 Å². The normalized spacial score (nSPS) is 15.7. The van der Waals surface area contributed by atoms with Crippen molar-refractivity contribution in [1.82, 2.24) is 4.90 Å². The molecule has 0 N–H and O–H groups in total. The van der Waals surface area contributed by atoms with E-state index in [1.807, 2.05) is 31.2 Å². The fraction of sp³-hybridized carbons (Fsp3) is 0.333. The largest absolute Gasteiger partial charge is 0.345 e. The number of rotatable bonds is 5. The summed E-state index contributed by atoms with van der Waals surface area (Å²) in [5.41, 5.74) is 2.69. The first-order valence-electron chi connectivity index (χ1n) is 9.29. The molecule has 0 saturated carbocycles. The fourth-order valence-corrected chi connectivity index (χ4v) is 4.42. The van der Waals surface area contributed by atoms with Crippen molar-refractivity contribution in [3.05, 3.63) is 59.7 Å². The topological polar surface area (TPSA) is 78.0 Å². The fourth-order valence-electron chi connectivity index (χ4n) is 3.57. The number of para-hydroxylation sites is 1. The van der Waals surface area contributed by atoms with E-state index in [9.17, 15) is 18.0 Å². The van der Waals surface area contributed by atoms with Crippen molar-refractivity contribution >= 4 is 33.2 Å². The van der Waals surface area contributed by atoms with Gasteiger partial charge in [-0.15, -0.1) is 0 Å². The summed E-state index contributed by atoms with van der Waals surface area (Å²) in [5.74, 6) is -0.470. The lowest BCUT2D eigenvalue weighted by Gasteiger charge is -2.28. The minimum absolute atomic E-state index is 0.0404. The van der Waals surface area contributed by atoms with Gasteiger partial charge in [-0.2, -0.15) is 0 Å². The van der Waals surface area contributed by atoms with Gasteiger partial charge in [-0.3, -0.25) is 13.9 Å². The van der Waals surface area contributed by atoms with Crippen molar-refractivity contribution in [2.75, 3.05) is 36.1 Å². The predicted molar refractivity (Wildman–Crippen MR) is 114 cm³/mol. The molecule has 1 unspecified atom stereocenters. The zero-order valence-corrected chi connectivity index (χ0v) is 17.8. The summed E-state index contributed by atoms with van der Waals surface area (Å²) in [6.07, 6.45) is 1.81. The average molecular weight is 416 g/mol. The third kappa shape index (κ3) is 4.27. The summed E-state index contributed by atoms with van der Waals surface area (Å²) in [6, 6.07) is 13.8. The maximum atomic E-state index is 13.1. The highest BCUT2D eigenvalue weighted by molar-refractivity contribution is 7.92. The van der Waals surface area contributed by atoms with Gasteiger partial charge in [-0.25, -0.2) is 8.42 Å². The molecule has 0 radical (unpaired) electrons. The molecule has 1 heterocycles. The lowest BCUT2D eigenvalue weighted by Crippen LogP contribution is -2.45. The van der Waals surface area contributed by atoms with Crippen LogP contribution in [0.2, 0.25) is 0 Å². The monoisotopic (exact) mass is 415 g/mol. The maximum absolute atomic E-state index is 13.1. The molecule has 0 saturated heterocycles. The molecule has 154 valence electrons. The van der Waals surface area contributed by atoms with Gasteiger partial charge < -0.3 is 9.80 Å². The highest BCUT2D eigenvalue weighted by Crippen LogP contribution is 2.32. The number of carbonyl (C=O) groups excluding carboxylic acids is 2. The molecule has 1 aliphatic heterocycles. The van der Waals surface area contributed by atoms with Crippen LogP contribution in [0.3, 0.4) is 0 Å². The number of nitrogens with zero attached hydrogens (tertiary/aromatic N) is 3. The summed E-state index contributed by atoms with van der Waals surface area (Å²) < 4.78 is 25.9. The lowest BCUT2D eigenvalue weighted by molar-refractivity contribution is -0.117. The zero-order chi connectivity index (χ0) is 21.3. The van der Waals surface area contributed by atoms with Crippen molar-refractivity contribution < 1.29 is 18.0 Å². The molecular weight excluding hydrogens is 390 g/mol. The van der Waals surface area contributed by atoms with Crippen LogP contribution in [0, 0.1) is 0 Å². The second-order valence-electron chi connectivity index (χ2n) is 7.46. The molecule has 2 amide bonds. The lowest BCUT2D eigenvalue weighted by atomic mass is 10.1. The van der Waals surface area contributed by atoms with E-state index in [0.29, 0.717) is 11.3 Å². The Hall–Kier alpha value is -2.87. The van der Waals surface area contributed by atoms with E-state index in [1.54, 1.807) is 43.3 Å². The highest BCUT2D eigenvalue weighted by atomic mass is 32.2. The van der Waals surface area contributed by atoms with Crippen LogP contribution in [0.1, 0.15) is 22.8 Å². The number of hydrogen-bond donors (Lipinski definition) is 0. The predicted octanol–water partition coefficient (Wildman–Crippen LogP) is 2.13. The molecule has 7 nitrogen and oxygen atoms in total. The number of hydrogen-bond acceptors (Lipinski definition) is 4. The second kappa shape index (κ2) is 7.87. The first-order chi connectivity index (χ1) is 13.6. The second-order valence-corrected chi connectivity index (χ2v) is 9.37. The number of fused-ring (bicyclic) bond motifs is 1. The minimum Gasteiger partial charge on any atom is -0.345 e. The molecule has 3 rings (SSSR count). The van der Waals surface area contributed by atoms with Gasteiger partial charge in [-0.1, -0.05) is 18.2 Å². The van der Waals surface area contributed by atoms with E-state index < -0.39 is 10.0 Å². The Morgan fingerprint density at radius 3 is 2.28 bits per heavy atom. The molecule has 29 heavy (non-hydrogen) atoms. The van der Waals surface area contributed by atoms with Gasteiger partial charge in [0.05, 0.1) is 11.9 Å². The SMILES string of the molecule is CC1Cc2ccccc2N1C(=O)CN(c1ccc(C(=O)N(C)C)cc1)S(C)(=O)=O. The summed E-state index contributed by atoms with van der Waals surface area (Å²) in [6.45, 7) is 1.64. The van der Waals surface area contributed by atoms with E-state index in [1.165, 1.54) is 4.90 Å². The van der Waals surface area contributed by atoms with Crippen molar-refractivity contribution in [2.24, 2.45) is 0 Å². The summed E-state index contributed by atoms with van der Waals surface area (Å²) in [7, 11) is -0.405. The number of benzene rings is 2. The Morgan fingerprint density at radius 2 is 1.69 bits per heavy atom. The Bertz CT molecular complexity index is 1030. The summed E-state index contributed by atoms with van der Waals surface area (Å²) in [4.78, 5) is 28.2. The Balaban J connectivity index is 1.87. The van der Waals surface area contributed by atoms with Crippen molar-refractivity contribution in [2.45, 2.75) is 19.4 Å². The van der Waals surface area contributed by atoms with Crippen LogP contribution < -0.4 is 9.21 Å². The van der Waals surface area contributed by atoms with Gasteiger partial charge in [0.1, 0.15) is 6.54 Å². The van der Waals surface area contributed by atoms with Crippen LogP contribution in [0.4, 0.5) is 11.4 Å². The van der Waals surface area contributed by atoms with Gasteiger partial charge in [0.15, 0.2) is 0 Å². The average Bonchev–Trinajstić information content (AvgIpc) is 3.00. The third-order valence-electron chi connectivity index (χ3n) is 4.96. The first-order valence-corrected chi connectivity index (χ1v) is 11.1. The molecule has 0 bridgehead atoms. The van der Waals surface area contributed by atoms with E-state index in [4.69, 9.17) is 0 Å². The third-order valence-corrected chi connectivity index (χ3v) is 6.10. The molecule has 0 aromatic heterocycles. The van der Waals surface area contributed by atoms with E-state index in [2.05, 4.69) is 0 Å². The van der Waals surface area contributed by atoms with Crippen LogP contribution in [0.5, 0.6) is 0 Å². The van der Waals surface area contributed by atoms with Crippen LogP contribution in [-0.2, 0) is 21.2 Å². The summed E-state index contributed by atoms with van der Waals surface area (Å²) >= 11 is 0. The van der Waals surface area contributed by atoms with Crippen LogP contribution in [0.15, 0.2) is 48.5 Å². The molecule has 8 heteroatoms. The van der Waals surface area contributed by atoms with Gasteiger partial charge in [0.2, 0.25) is 15.9 Å². The molecule has 1 atom stereocenters. The van der Waals surface area contributed by atoms with Gasteiger partial charge in [0.25, 0.3) is 5.91 Å².